The highest BCUT2D eigenvalue weighted by molar-refractivity contribution is 9.10. The van der Waals surface area contributed by atoms with Crippen molar-refractivity contribution in [1.82, 2.24) is 9.29 Å². The Morgan fingerprint density at radius 1 is 1.09 bits per heavy atom. The standard InChI is InChI=1S/C15H13BrN2O2S2/c16-13-5-1-2-6-14(13)22(19,20)17-11-12-7-10-21-15(12)18-8-3-4-9-18/h1-10,17H,11H2. The molecule has 0 saturated carbocycles. The van der Waals surface area contributed by atoms with Gasteiger partial charge in [-0.25, -0.2) is 13.1 Å². The molecule has 2 aromatic heterocycles. The molecule has 114 valence electrons. The van der Waals surface area contributed by atoms with Crippen molar-refractivity contribution in [2.45, 2.75) is 11.4 Å². The molecule has 0 radical (unpaired) electrons. The zero-order valence-electron chi connectivity index (χ0n) is 11.4. The Kier molecular flexibility index (Phi) is 4.49. The van der Waals surface area contributed by atoms with E-state index in [9.17, 15) is 8.42 Å². The largest absolute Gasteiger partial charge is 0.315 e. The van der Waals surface area contributed by atoms with Crippen LogP contribution in [0.2, 0.25) is 0 Å². The number of nitrogens with one attached hydrogen (secondary N) is 1. The number of nitrogens with zero attached hydrogens (tertiary/aromatic N) is 1. The van der Waals surface area contributed by atoms with Crippen molar-refractivity contribution < 1.29 is 8.42 Å². The molecule has 0 fully saturated rings. The Labute approximate surface area is 141 Å². The second-order valence-corrected chi connectivity index (χ2v) is 8.08. The first kappa shape index (κ1) is 15.5. The summed E-state index contributed by atoms with van der Waals surface area (Å²) in [5.74, 6) is 0. The molecule has 1 N–H and O–H groups in total. The van der Waals surface area contributed by atoms with E-state index in [1.807, 2.05) is 40.5 Å². The second-order valence-electron chi connectivity index (χ2n) is 4.60. The first-order valence-corrected chi connectivity index (χ1v) is 9.67. The third kappa shape index (κ3) is 3.17. The van der Waals surface area contributed by atoms with Crippen LogP contribution in [0.1, 0.15) is 5.56 Å². The molecule has 7 heteroatoms. The maximum absolute atomic E-state index is 12.4. The van der Waals surface area contributed by atoms with E-state index < -0.39 is 10.0 Å². The normalized spacial score (nSPS) is 11.7. The molecule has 1 aromatic carbocycles. The summed E-state index contributed by atoms with van der Waals surface area (Å²) in [6.07, 6.45) is 3.88. The predicted octanol–water partition coefficient (Wildman–Crippen LogP) is 3.78. The highest BCUT2D eigenvalue weighted by Gasteiger charge is 2.17. The van der Waals surface area contributed by atoms with Crippen LogP contribution >= 0.6 is 27.3 Å². The van der Waals surface area contributed by atoms with E-state index in [-0.39, 0.29) is 11.4 Å². The fourth-order valence-corrected chi connectivity index (χ4v) is 4.98. The fourth-order valence-electron chi connectivity index (χ4n) is 2.07. The van der Waals surface area contributed by atoms with Crippen LogP contribution in [0.15, 0.2) is 69.6 Å². The van der Waals surface area contributed by atoms with E-state index in [1.54, 1.807) is 35.6 Å². The monoisotopic (exact) mass is 396 g/mol. The molecule has 0 amide bonds. The molecule has 0 atom stereocenters. The molecule has 0 aliphatic rings. The third-order valence-corrected chi connectivity index (χ3v) is 6.52. The van der Waals surface area contributed by atoms with E-state index in [1.165, 1.54) is 0 Å². The topological polar surface area (TPSA) is 51.1 Å². The Balaban J connectivity index is 1.82. The Morgan fingerprint density at radius 2 is 1.82 bits per heavy atom. The summed E-state index contributed by atoms with van der Waals surface area (Å²) in [5.41, 5.74) is 0.942. The van der Waals surface area contributed by atoms with Gasteiger partial charge in [0.15, 0.2) is 0 Å². The molecule has 22 heavy (non-hydrogen) atoms. The molecule has 0 unspecified atom stereocenters. The van der Waals surface area contributed by atoms with Gasteiger partial charge in [0.25, 0.3) is 0 Å². The van der Waals surface area contributed by atoms with Crippen molar-refractivity contribution in [3.8, 4) is 5.00 Å². The van der Waals surface area contributed by atoms with Gasteiger partial charge >= 0.3 is 0 Å². The molecule has 3 aromatic rings. The molecule has 0 saturated heterocycles. The highest BCUT2D eigenvalue weighted by Crippen LogP contribution is 2.24. The van der Waals surface area contributed by atoms with Crippen molar-refractivity contribution in [3.05, 3.63) is 70.3 Å². The minimum absolute atomic E-state index is 0.243. The fraction of sp³-hybridized carbons (Fsp3) is 0.0667. The predicted molar refractivity (Wildman–Crippen MR) is 91.8 cm³/mol. The summed E-state index contributed by atoms with van der Waals surface area (Å²) in [6, 6.07) is 12.6. The quantitative estimate of drug-likeness (QED) is 0.713. The van der Waals surface area contributed by atoms with Gasteiger partial charge in [0, 0.05) is 29.0 Å². The Bertz CT molecular complexity index is 871. The van der Waals surface area contributed by atoms with E-state index >= 15 is 0 Å². The molecule has 0 aliphatic heterocycles. The number of aromatic nitrogens is 1. The number of thiophene rings is 1. The van der Waals surface area contributed by atoms with Crippen LogP contribution in [0.4, 0.5) is 0 Å². The summed E-state index contributed by atoms with van der Waals surface area (Å²) in [4.78, 5) is 0.243. The van der Waals surface area contributed by atoms with Crippen LogP contribution < -0.4 is 4.72 Å². The van der Waals surface area contributed by atoms with Crippen molar-refractivity contribution in [3.63, 3.8) is 0 Å². The molecule has 0 aliphatic carbocycles. The summed E-state index contributed by atoms with van der Waals surface area (Å²) in [7, 11) is -3.55. The highest BCUT2D eigenvalue weighted by atomic mass is 79.9. The van der Waals surface area contributed by atoms with Gasteiger partial charge in [0.05, 0.1) is 4.90 Å². The molecule has 2 heterocycles. The summed E-state index contributed by atoms with van der Waals surface area (Å²) < 4.78 is 30.0. The van der Waals surface area contributed by atoms with E-state index in [0.29, 0.717) is 4.47 Å². The van der Waals surface area contributed by atoms with Gasteiger partial charge in [0.2, 0.25) is 10.0 Å². The lowest BCUT2D eigenvalue weighted by molar-refractivity contribution is 0.581. The average molecular weight is 397 g/mol. The zero-order valence-corrected chi connectivity index (χ0v) is 14.7. The van der Waals surface area contributed by atoms with E-state index in [4.69, 9.17) is 0 Å². The maximum Gasteiger partial charge on any atom is 0.241 e. The molecule has 4 nitrogen and oxygen atoms in total. The summed E-state index contributed by atoms with van der Waals surface area (Å²) in [6.45, 7) is 0.251. The second kappa shape index (κ2) is 6.37. The number of hydrogen-bond acceptors (Lipinski definition) is 3. The van der Waals surface area contributed by atoms with Gasteiger partial charge in [-0.15, -0.1) is 11.3 Å². The van der Waals surface area contributed by atoms with Crippen molar-refractivity contribution in [1.29, 1.82) is 0 Å². The third-order valence-electron chi connectivity index (χ3n) is 3.14. The number of sulfonamides is 1. The molecular weight excluding hydrogens is 384 g/mol. The van der Waals surface area contributed by atoms with Crippen LogP contribution in [0, 0.1) is 0 Å². The lowest BCUT2D eigenvalue weighted by Crippen LogP contribution is -2.23. The van der Waals surface area contributed by atoms with Gasteiger partial charge in [-0.2, -0.15) is 0 Å². The van der Waals surface area contributed by atoms with Crippen LogP contribution in [0.3, 0.4) is 0 Å². The smallest absolute Gasteiger partial charge is 0.241 e. The minimum atomic E-state index is -3.55. The van der Waals surface area contributed by atoms with Crippen LogP contribution in [0.25, 0.3) is 5.00 Å². The molecule has 0 bridgehead atoms. The first-order chi connectivity index (χ1) is 10.6. The van der Waals surface area contributed by atoms with Crippen molar-refractivity contribution in [2.75, 3.05) is 0 Å². The molecule has 3 rings (SSSR count). The zero-order chi connectivity index (χ0) is 15.6. The average Bonchev–Trinajstić information content (AvgIpc) is 3.16. The Morgan fingerprint density at radius 3 is 2.55 bits per heavy atom. The van der Waals surface area contributed by atoms with Gasteiger partial charge in [-0.1, -0.05) is 12.1 Å². The number of hydrogen-bond donors (Lipinski definition) is 1. The van der Waals surface area contributed by atoms with Crippen LogP contribution in [0.5, 0.6) is 0 Å². The Hall–Kier alpha value is -1.41. The molecule has 0 spiro atoms. The van der Waals surface area contributed by atoms with Crippen LogP contribution in [-0.4, -0.2) is 13.0 Å². The van der Waals surface area contributed by atoms with Crippen molar-refractivity contribution >= 4 is 37.3 Å². The molecular formula is C15H13BrN2O2S2. The van der Waals surface area contributed by atoms with E-state index in [0.717, 1.165) is 10.6 Å². The number of benzene rings is 1. The van der Waals surface area contributed by atoms with Crippen molar-refractivity contribution in [2.24, 2.45) is 0 Å². The lowest BCUT2D eigenvalue weighted by Gasteiger charge is -2.09. The minimum Gasteiger partial charge on any atom is -0.315 e. The summed E-state index contributed by atoms with van der Waals surface area (Å²) >= 11 is 4.85. The number of rotatable bonds is 5. The van der Waals surface area contributed by atoms with Gasteiger partial charge < -0.3 is 4.57 Å². The summed E-state index contributed by atoms with van der Waals surface area (Å²) in [5, 5.41) is 2.97. The first-order valence-electron chi connectivity index (χ1n) is 6.52. The lowest BCUT2D eigenvalue weighted by atomic mass is 10.3. The van der Waals surface area contributed by atoms with Gasteiger partial charge in [0.1, 0.15) is 5.00 Å². The van der Waals surface area contributed by atoms with Gasteiger partial charge in [-0.3, -0.25) is 0 Å². The van der Waals surface area contributed by atoms with E-state index in [2.05, 4.69) is 20.7 Å². The maximum atomic E-state index is 12.4. The SMILES string of the molecule is O=S(=O)(NCc1ccsc1-n1cccc1)c1ccccc1Br. The van der Waals surface area contributed by atoms with Gasteiger partial charge in [-0.05, 0) is 51.6 Å². The van der Waals surface area contributed by atoms with Crippen LogP contribution in [-0.2, 0) is 16.6 Å². The number of halogens is 1.